The lowest BCUT2D eigenvalue weighted by atomic mass is 10.1. The molecule has 0 saturated heterocycles. The number of nitrogens with one attached hydrogen (secondary N) is 3. The van der Waals surface area contributed by atoms with Gasteiger partial charge < -0.3 is 20.7 Å². The molecule has 1 aliphatic rings. The molecule has 0 radical (unpaired) electrons. The van der Waals surface area contributed by atoms with E-state index < -0.39 is 18.0 Å². The van der Waals surface area contributed by atoms with Crippen molar-refractivity contribution in [2.45, 2.75) is 50.8 Å². The van der Waals surface area contributed by atoms with E-state index in [-0.39, 0.29) is 44.7 Å². The molecular formula is C17H24F3N3O4. The first kappa shape index (κ1) is 22.8. The Morgan fingerprint density at radius 1 is 0.963 bits per heavy atom. The van der Waals surface area contributed by atoms with Gasteiger partial charge in [-0.15, -0.1) is 5.92 Å². The van der Waals surface area contributed by atoms with Crippen molar-refractivity contribution in [1.82, 2.24) is 16.0 Å². The molecule has 0 aromatic heterocycles. The Bertz CT molecular complexity index is 570. The first-order chi connectivity index (χ1) is 12.8. The van der Waals surface area contributed by atoms with Gasteiger partial charge in [0.15, 0.2) is 0 Å². The summed E-state index contributed by atoms with van der Waals surface area (Å²) < 4.78 is 41.3. The van der Waals surface area contributed by atoms with E-state index in [0.717, 1.165) is 32.1 Å². The third-order valence-electron chi connectivity index (χ3n) is 3.61. The van der Waals surface area contributed by atoms with E-state index in [0.29, 0.717) is 0 Å². The van der Waals surface area contributed by atoms with E-state index in [4.69, 9.17) is 4.74 Å². The van der Waals surface area contributed by atoms with Gasteiger partial charge in [-0.2, -0.15) is 13.2 Å². The van der Waals surface area contributed by atoms with Crippen LogP contribution in [-0.4, -0.2) is 56.2 Å². The molecular weight excluding hydrogens is 367 g/mol. The molecule has 3 amide bonds. The van der Waals surface area contributed by atoms with Crippen LogP contribution in [0.25, 0.3) is 0 Å². The molecule has 0 spiro atoms. The van der Waals surface area contributed by atoms with E-state index in [9.17, 15) is 27.6 Å². The van der Waals surface area contributed by atoms with Crippen molar-refractivity contribution >= 4 is 17.7 Å². The highest BCUT2D eigenvalue weighted by Gasteiger charge is 2.38. The number of rotatable bonds is 9. The zero-order valence-electron chi connectivity index (χ0n) is 14.9. The average molecular weight is 391 g/mol. The molecule has 3 N–H and O–H groups in total. The first-order valence-electron chi connectivity index (χ1n) is 8.77. The molecule has 27 heavy (non-hydrogen) atoms. The summed E-state index contributed by atoms with van der Waals surface area (Å²) in [6.07, 6.45) is -0.447. The summed E-state index contributed by atoms with van der Waals surface area (Å²) in [4.78, 5) is 33.7. The first-order valence-corrected chi connectivity index (χ1v) is 8.77. The molecule has 0 heterocycles. The van der Waals surface area contributed by atoms with Crippen LogP contribution in [-0.2, 0) is 19.1 Å². The van der Waals surface area contributed by atoms with Gasteiger partial charge in [0, 0.05) is 32.5 Å². The van der Waals surface area contributed by atoms with Gasteiger partial charge in [-0.3, -0.25) is 14.4 Å². The molecule has 10 heteroatoms. The number of ether oxygens (including phenoxy) is 1. The molecule has 0 aromatic rings. The Morgan fingerprint density at radius 3 is 2.41 bits per heavy atom. The smallest absolute Gasteiger partial charge is 0.356 e. The quantitative estimate of drug-likeness (QED) is 0.397. The molecule has 0 aliphatic heterocycles. The third kappa shape index (κ3) is 11.1. The maximum Gasteiger partial charge on any atom is 0.471 e. The van der Waals surface area contributed by atoms with Gasteiger partial charge in [-0.1, -0.05) is 12.3 Å². The van der Waals surface area contributed by atoms with Crippen LogP contribution in [0, 0.1) is 11.8 Å². The molecule has 0 bridgehead atoms. The molecule has 1 atom stereocenters. The molecule has 1 rings (SSSR count). The SMILES string of the molecule is O=C(CCNC(=O)COC1C#CCCCCC1)NCCNC(=O)C(F)(F)F. The normalized spacial score (nSPS) is 16.9. The van der Waals surface area contributed by atoms with Crippen molar-refractivity contribution < 1.29 is 32.3 Å². The monoisotopic (exact) mass is 391 g/mol. The minimum absolute atomic E-state index is 0.0395. The summed E-state index contributed by atoms with van der Waals surface area (Å²) in [5.74, 6) is 3.11. The number of halogens is 3. The number of amides is 3. The Hall–Kier alpha value is -2.28. The lowest BCUT2D eigenvalue weighted by Crippen LogP contribution is -2.41. The highest BCUT2D eigenvalue weighted by molar-refractivity contribution is 5.82. The van der Waals surface area contributed by atoms with Crippen LogP contribution in [0.2, 0.25) is 0 Å². The van der Waals surface area contributed by atoms with Crippen molar-refractivity contribution in [2.75, 3.05) is 26.2 Å². The fraction of sp³-hybridized carbons (Fsp3) is 0.706. The summed E-state index contributed by atoms with van der Waals surface area (Å²) in [5.41, 5.74) is 0. The largest absolute Gasteiger partial charge is 0.471 e. The van der Waals surface area contributed by atoms with Gasteiger partial charge in [-0.25, -0.2) is 0 Å². The molecule has 1 unspecified atom stereocenters. The topological polar surface area (TPSA) is 96.5 Å². The highest BCUT2D eigenvalue weighted by Crippen LogP contribution is 2.13. The molecule has 0 saturated carbocycles. The van der Waals surface area contributed by atoms with Crippen molar-refractivity contribution in [3.8, 4) is 11.8 Å². The van der Waals surface area contributed by atoms with E-state index in [2.05, 4.69) is 22.5 Å². The molecule has 0 fully saturated rings. The zero-order valence-corrected chi connectivity index (χ0v) is 14.9. The summed E-state index contributed by atoms with van der Waals surface area (Å²) in [5, 5.41) is 6.49. The molecule has 7 nitrogen and oxygen atoms in total. The fourth-order valence-corrected chi connectivity index (χ4v) is 2.21. The van der Waals surface area contributed by atoms with Crippen molar-refractivity contribution in [3.05, 3.63) is 0 Å². The molecule has 1 aliphatic carbocycles. The lowest BCUT2D eigenvalue weighted by molar-refractivity contribution is -0.173. The van der Waals surface area contributed by atoms with Gasteiger partial charge in [0.2, 0.25) is 11.8 Å². The number of hydrogen-bond acceptors (Lipinski definition) is 4. The molecule has 152 valence electrons. The van der Waals surface area contributed by atoms with E-state index in [1.54, 1.807) is 5.32 Å². The molecule has 0 aromatic carbocycles. The van der Waals surface area contributed by atoms with Crippen LogP contribution < -0.4 is 16.0 Å². The van der Waals surface area contributed by atoms with Gasteiger partial charge in [0.05, 0.1) is 0 Å². The van der Waals surface area contributed by atoms with Crippen LogP contribution in [0.3, 0.4) is 0 Å². The van der Waals surface area contributed by atoms with Gasteiger partial charge in [0.1, 0.15) is 12.7 Å². The van der Waals surface area contributed by atoms with Gasteiger partial charge >= 0.3 is 12.1 Å². The van der Waals surface area contributed by atoms with Crippen molar-refractivity contribution in [2.24, 2.45) is 0 Å². The van der Waals surface area contributed by atoms with Crippen LogP contribution in [0.5, 0.6) is 0 Å². The van der Waals surface area contributed by atoms with Crippen LogP contribution in [0.4, 0.5) is 13.2 Å². The van der Waals surface area contributed by atoms with E-state index in [1.807, 2.05) is 0 Å². The Labute approximate surface area is 155 Å². The summed E-state index contributed by atoms with van der Waals surface area (Å²) in [6, 6.07) is 0. The van der Waals surface area contributed by atoms with E-state index >= 15 is 0 Å². The van der Waals surface area contributed by atoms with E-state index in [1.165, 1.54) is 0 Å². The van der Waals surface area contributed by atoms with Crippen molar-refractivity contribution in [3.63, 3.8) is 0 Å². The standard InChI is InChI=1S/C17H24F3N3O4/c18-17(19,20)16(26)23-11-10-22-14(24)8-9-21-15(25)12-27-13-6-4-2-1-3-5-7-13/h13H,1-4,6,8-12H2,(H,21,25)(H,22,24)(H,23,26). The van der Waals surface area contributed by atoms with Gasteiger partial charge in [0.25, 0.3) is 0 Å². The Morgan fingerprint density at radius 2 is 1.67 bits per heavy atom. The average Bonchev–Trinajstić information content (AvgIpc) is 2.56. The zero-order chi connectivity index (χ0) is 20.1. The minimum Gasteiger partial charge on any atom is -0.356 e. The fourth-order valence-electron chi connectivity index (χ4n) is 2.21. The summed E-state index contributed by atoms with van der Waals surface area (Å²) in [7, 11) is 0. The Kier molecular flexibility index (Phi) is 10.3. The maximum atomic E-state index is 11.9. The third-order valence-corrected chi connectivity index (χ3v) is 3.61. The predicted octanol–water partition coefficient (Wildman–Crippen LogP) is 0.640. The number of alkyl halides is 3. The summed E-state index contributed by atoms with van der Waals surface area (Å²) in [6.45, 7) is -0.561. The summed E-state index contributed by atoms with van der Waals surface area (Å²) >= 11 is 0. The maximum absolute atomic E-state index is 11.9. The minimum atomic E-state index is -4.95. The lowest BCUT2D eigenvalue weighted by Gasteiger charge is -2.13. The van der Waals surface area contributed by atoms with Crippen LogP contribution in [0.15, 0.2) is 0 Å². The number of carbonyl (C=O) groups excluding carboxylic acids is 3. The second kappa shape index (κ2) is 12.2. The van der Waals surface area contributed by atoms with Crippen molar-refractivity contribution in [1.29, 1.82) is 0 Å². The Balaban J connectivity index is 2.07. The predicted molar refractivity (Wildman–Crippen MR) is 90.3 cm³/mol. The van der Waals surface area contributed by atoms with Crippen LogP contribution in [0.1, 0.15) is 38.5 Å². The second-order valence-electron chi connectivity index (χ2n) is 5.92. The number of hydrogen-bond donors (Lipinski definition) is 3. The second-order valence-corrected chi connectivity index (χ2v) is 5.92. The highest BCUT2D eigenvalue weighted by atomic mass is 19.4. The number of carbonyl (C=O) groups is 3. The van der Waals surface area contributed by atoms with Crippen LogP contribution >= 0.6 is 0 Å². The van der Waals surface area contributed by atoms with Gasteiger partial charge in [-0.05, 0) is 19.3 Å².